The first-order valence-corrected chi connectivity index (χ1v) is 21.8. The smallest absolute Gasteiger partial charge is 0.252 e. The number of nitrogens with zero attached hydrogens (tertiary/aromatic N) is 3. The maximum atomic E-state index is 5.79. The van der Waals surface area contributed by atoms with Gasteiger partial charge < -0.3 is 4.90 Å². The summed E-state index contributed by atoms with van der Waals surface area (Å²) in [6.07, 6.45) is 4.95. The van der Waals surface area contributed by atoms with E-state index in [0.717, 1.165) is 11.3 Å². The molecule has 1 saturated carbocycles. The molecule has 4 heteroatoms. The number of hydrogen-bond donors (Lipinski definition) is 0. The minimum absolute atomic E-state index is 0.0632. The van der Waals surface area contributed by atoms with Crippen molar-refractivity contribution in [3.05, 3.63) is 177 Å². The molecular formula is C55H44BN3. The molecule has 0 saturated heterocycles. The van der Waals surface area contributed by atoms with Crippen LogP contribution in [0.3, 0.4) is 0 Å². The van der Waals surface area contributed by atoms with Crippen molar-refractivity contribution in [3.8, 4) is 28.2 Å². The van der Waals surface area contributed by atoms with Crippen LogP contribution in [0.25, 0.3) is 39.2 Å². The third kappa shape index (κ3) is 3.62. The summed E-state index contributed by atoms with van der Waals surface area (Å²) in [4.78, 5) is 8.47. The van der Waals surface area contributed by atoms with E-state index in [1.807, 2.05) is 0 Å². The van der Waals surface area contributed by atoms with Gasteiger partial charge in [0.1, 0.15) is 5.82 Å². The largest absolute Gasteiger partial charge is 0.311 e. The fourth-order valence-corrected chi connectivity index (χ4v) is 13.7. The van der Waals surface area contributed by atoms with E-state index in [4.69, 9.17) is 4.98 Å². The molecule has 0 radical (unpaired) electrons. The number of aromatic nitrogens is 2. The SMILES string of the molecule is Cc1cc2c3c(c1)-n1c(-c4c(C)cccc4C)nc4cc5c(c(c41)B3c1cccc3c1N2c1ccccc1C31c2ccccc2-c2ccccc21)C1(C)CCC5(C)CC1. The van der Waals surface area contributed by atoms with Crippen LogP contribution in [-0.4, -0.2) is 16.3 Å². The molecule has 282 valence electrons. The second kappa shape index (κ2) is 10.5. The van der Waals surface area contributed by atoms with E-state index in [1.54, 1.807) is 11.1 Å². The first kappa shape index (κ1) is 32.8. The molecule has 8 aromatic rings. The van der Waals surface area contributed by atoms with Crippen LogP contribution in [0.15, 0.2) is 127 Å². The van der Waals surface area contributed by atoms with Gasteiger partial charge in [-0.15, -0.1) is 0 Å². The third-order valence-electron chi connectivity index (χ3n) is 16.2. The van der Waals surface area contributed by atoms with Crippen LogP contribution in [0.1, 0.15) is 89.6 Å². The van der Waals surface area contributed by atoms with Crippen LogP contribution in [-0.2, 0) is 16.2 Å². The van der Waals surface area contributed by atoms with Gasteiger partial charge >= 0.3 is 0 Å². The summed E-state index contributed by atoms with van der Waals surface area (Å²) in [5, 5.41) is 0. The van der Waals surface area contributed by atoms with E-state index in [-0.39, 0.29) is 17.5 Å². The van der Waals surface area contributed by atoms with Crippen LogP contribution in [0.2, 0.25) is 0 Å². The zero-order chi connectivity index (χ0) is 39.3. The van der Waals surface area contributed by atoms with Crippen molar-refractivity contribution in [3.63, 3.8) is 0 Å². The topological polar surface area (TPSA) is 21.1 Å². The van der Waals surface area contributed by atoms with Crippen LogP contribution in [0.5, 0.6) is 0 Å². The predicted octanol–water partition coefficient (Wildman–Crippen LogP) is 11.0. The van der Waals surface area contributed by atoms with Gasteiger partial charge in [-0.2, -0.15) is 0 Å². The fourth-order valence-electron chi connectivity index (χ4n) is 13.7. The lowest BCUT2D eigenvalue weighted by Crippen LogP contribution is -2.64. The van der Waals surface area contributed by atoms with Crippen LogP contribution in [0, 0.1) is 20.8 Å². The highest BCUT2D eigenvalue weighted by molar-refractivity contribution is 7.00. The van der Waals surface area contributed by atoms with Crippen molar-refractivity contribution in [2.45, 2.75) is 76.5 Å². The van der Waals surface area contributed by atoms with Gasteiger partial charge in [0.05, 0.1) is 22.1 Å². The molecule has 7 aromatic carbocycles. The number of hydrogen-bond acceptors (Lipinski definition) is 2. The lowest BCUT2D eigenvalue weighted by molar-refractivity contribution is 0.189. The second-order valence-electron chi connectivity index (χ2n) is 19.3. The highest BCUT2D eigenvalue weighted by atomic mass is 15.2. The van der Waals surface area contributed by atoms with E-state index in [1.165, 1.54) is 126 Å². The van der Waals surface area contributed by atoms with Crippen LogP contribution < -0.4 is 21.3 Å². The minimum Gasteiger partial charge on any atom is -0.311 e. The number of imidazole rings is 1. The molecule has 4 heterocycles. The van der Waals surface area contributed by atoms with Crippen molar-refractivity contribution >= 4 is 51.2 Å². The van der Waals surface area contributed by atoms with E-state index in [2.05, 4.69) is 171 Å². The summed E-state index contributed by atoms with van der Waals surface area (Å²) < 4.78 is 2.62. The van der Waals surface area contributed by atoms with Gasteiger partial charge in [-0.05, 0) is 159 Å². The van der Waals surface area contributed by atoms with Gasteiger partial charge in [-0.1, -0.05) is 117 Å². The molecule has 4 aliphatic carbocycles. The molecule has 0 atom stereocenters. The second-order valence-corrected chi connectivity index (χ2v) is 19.3. The first-order valence-electron chi connectivity index (χ1n) is 21.8. The van der Waals surface area contributed by atoms with Crippen LogP contribution >= 0.6 is 0 Å². The maximum absolute atomic E-state index is 5.79. The van der Waals surface area contributed by atoms with Gasteiger partial charge in [0.25, 0.3) is 6.71 Å². The van der Waals surface area contributed by atoms with Crippen molar-refractivity contribution < 1.29 is 0 Å². The molecule has 59 heavy (non-hydrogen) atoms. The van der Waals surface area contributed by atoms with Gasteiger partial charge in [0.15, 0.2) is 0 Å². The van der Waals surface area contributed by atoms with Gasteiger partial charge in [-0.25, -0.2) is 4.98 Å². The molecule has 3 aliphatic heterocycles. The summed E-state index contributed by atoms with van der Waals surface area (Å²) in [6, 6.07) is 49.3. The Kier molecular flexibility index (Phi) is 5.86. The molecule has 0 N–H and O–H groups in total. The number of anilines is 3. The van der Waals surface area contributed by atoms with Crippen molar-refractivity contribution in [1.82, 2.24) is 9.55 Å². The summed E-state index contributed by atoms with van der Waals surface area (Å²) in [5.41, 5.74) is 28.3. The zero-order valence-electron chi connectivity index (χ0n) is 34.4. The van der Waals surface area contributed by atoms with Gasteiger partial charge in [-0.3, -0.25) is 4.57 Å². The monoisotopic (exact) mass is 757 g/mol. The van der Waals surface area contributed by atoms with Crippen molar-refractivity contribution in [2.75, 3.05) is 4.90 Å². The lowest BCUT2D eigenvalue weighted by atomic mass is 9.31. The van der Waals surface area contributed by atoms with Crippen LogP contribution in [0.4, 0.5) is 17.1 Å². The standard InChI is InChI=1S/C55H44BN3/c1-31-28-44-48-45(29-31)59-51-42(57-52(59)46-32(2)14-12-15-33(46)3)30-40-47(54(5)26-24-53(40,4)25-27-54)49(51)56(48)41-22-13-21-39-50(41)58(44)43-23-11-10-20-38(43)55(39)36-18-8-6-16-34(36)35-17-7-9-19-37(35)55/h6-23,28-30H,24-27H2,1-5H3. The number of aryl methyl sites for hydroxylation is 3. The van der Waals surface area contributed by atoms with E-state index in [0.29, 0.717) is 0 Å². The molecule has 0 unspecified atom stereocenters. The maximum Gasteiger partial charge on any atom is 0.252 e. The molecule has 1 spiro atoms. The first-order chi connectivity index (χ1) is 28.7. The van der Waals surface area contributed by atoms with E-state index < -0.39 is 5.41 Å². The zero-order valence-corrected chi connectivity index (χ0v) is 34.4. The summed E-state index contributed by atoms with van der Waals surface area (Å²) in [6.45, 7) is 12.0. The highest BCUT2D eigenvalue weighted by Gasteiger charge is 2.57. The summed E-state index contributed by atoms with van der Waals surface area (Å²) >= 11 is 0. The number of para-hydroxylation sites is 2. The predicted molar refractivity (Wildman–Crippen MR) is 244 cm³/mol. The number of rotatable bonds is 1. The van der Waals surface area contributed by atoms with Gasteiger partial charge in [0.2, 0.25) is 0 Å². The molecule has 2 bridgehead atoms. The minimum atomic E-state index is -0.453. The Morgan fingerprint density at radius 1 is 0.559 bits per heavy atom. The quantitative estimate of drug-likeness (QED) is 0.156. The number of benzene rings is 7. The van der Waals surface area contributed by atoms with E-state index >= 15 is 0 Å². The van der Waals surface area contributed by atoms with Gasteiger partial charge in [0, 0.05) is 22.6 Å². The Labute approximate surface area is 346 Å². The Hall–Kier alpha value is -6.13. The Bertz CT molecular complexity index is 3200. The Morgan fingerprint density at radius 3 is 1.90 bits per heavy atom. The average molecular weight is 758 g/mol. The highest BCUT2D eigenvalue weighted by Crippen LogP contribution is 2.64. The fraction of sp³-hybridized carbons (Fsp3) is 0.218. The molecule has 15 rings (SSSR count). The third-order valence-corrected chi connectivity index (χ3v) is 16.2. The Balaban J connectivity index is 1.19. The average Bonchev–Trinajstić information content (AvgIpc) is 3.77. The normalized spacial score (nSPS) is 21.2. The van der Waals surface area contributed by atoms with Crippen molar-refractivity contribution in [2.24, 2.45) is 0 Å². The molecule has 7 aliphatic rings. The molecule has 1 fully saturated rings. The molecular weight excluding hydrogens is 713 g/mol. The number of fused-ring (bicyclic) bond motifs is 15. The van der Waals surface area contributed by atoms with E-state index in [9.17, 15) is 0 Å². The lowest BCUT2D eigenvalue weighted by Gasteiger charge is -2.54. The molecule has 0 amide bonds. The Morgan fingerprint density at radius 2 is 1.17 bits per heavy atom. The summed E-state index contributed by atoms with van der Waals surface area (Å²) in [5.74, 6) is 1.07. The molecule has 3 nitrogen and oxygen atoms in total. The molecule has 1 aromatic heterocycles. The van der Waals surface area contributed by atoms with Crippen molar-refractivity contribution in [1.29, 1.82) is 0 Å². The summed E-state index contributed by atoms with van der Waals surface area (Å²) in [7, 11) is 0.